The zero-order valence-corrected chi connectivity index (χ0v) is 8.80. The second-order valence-electron chi connectivity index (χ2n) is 3.34. The molecule has 0 saturated heterocycles. The molecule has 0 fully saturated rings. The third-order valence-electron chi connectivity index (χ3n) is 2.11. The molecule has 7 nitrogen and oxygen atoms in total. The highest BCUT2D eigenvalue weighted by Crippen LogP contribution is 2.30. The molecule has 0 aliphatic carbocycles. The third-order valence-corrected chi connectivity index (χ3v) is 2.11. The number of hydrogen-bond acceptors (Lipinski definition) is 4. The molecule has 3 amide bonds. The Morgan fingerprint density at radius 3 is 2.65 bits per heavy atom. The number of urea groups is 1. The number of primary amides is 1. The first-order valence-corrected chi connectivity index (χ1v) is 4.90. The van der Waals surface area contributed by atoms with Crippen LogP contribution in [-0.4, -0.2) is 24.6 Å². The zero-order chi connectivity index (χ0) is 12.3. The maximum Gasteiger partial charge on any atom is 0.330 e. The topological polar surface area (TPSA) is 103 Å². The Bertz CT molecular complexity index is 449. The van der Waals surface area contributed by atoms with Gasteiger partial charge in [-0.1, -0.05) is 12.1 Å². The second kappa shape index (κ2) is 4.60. The number of fused-ring (bicyclic) bond motifs is 1. The van der Waals surface area contributed by atoms with E-state index >= 15 is 0 Å². The molecular formula is C10H11N3O4. The van der Waals surface area contributed by atoms with Gasteiger partial charge in [-0.05, 0) is 12.1 Å². The zero-order valence-electron chi connectivity index (χ0n) is 8.80. The van der Waals surface area contributed by atoms with E-state index in [-0.39, 0.29) is 6.61 Å². The quantitative estimate of drug-likeness (QED) is 0.574. The van der Waals surface area contributed by atoms with Crippen molar-refractivity contribution in [2.24, 2.45) is 5.73 Å². The molecule has 0 spiro atoms. The van der Waals surface area contributed by atoms with Gasteiger partial charge in [0.2, 0.25) is 6.10 Å². The largest absolute Gasteiger partial charge is 0.485 e. The van der Waals surface area contributed by atoms with Gasteiger partial charge in [0.05, 0.1) is 0 Å². The summed E-state index contributed by atoms with van der Waals surface area (Å²) in [7, 11) is 0. The van der Waals surface area contributed by atoms with Crippen molar-refractivity contribution in [1.82, 2.24) is 10.9 Å². The Kier molecular flexibility index (Phi) is 2.99. The molecule has 1 aliphatic rings. The fourth-order valence-corrected chi connectivity index (χ4v) is 1.35. The summed E-state index contributed by atoms with van der Waals surface area (Å²) in [6, 6.07) is 6.15. The fraction of sp³-hybridized carbons (Fsp3) is 0.200. The van der Waals surface area contributed by atoms with Crippen molar-refractivity contribution < 1.29 is 19.1 Å². The van der Waals surface area contributed by atoms with Crippen LogP contribution in [0.1, 0.15) is 0 Å². The van der Waals surface area contributed by atoms with E-state index in [1.807, 2.05) is 5.43 Å². The highest BCUT2D eigenvalue weighted by molar-refractivity contribution is 5.84. The number of amides is 3. The van der Waals surface area contributed by atoms with Crippen molar-refractivity contribution in [3.8, 4) is 11.5 Å². The molecular weight excluding hydrogens is 226 g/mol. The fourth-order valence-electron chi connectivity index (χ4n) is 1.35. The Labute approximate surface area is 96.8 Å². The van der Waals surface area contributed by atoms with Crippen LogP contribution in [0.3, 0.4) is 0 Å². The molecule has 0 radical (unpaired) electrons. The number of para-hydroxylation sites is 2. The first kappa shape index (κ1) is 11.1. The summed E-state index contributed by atoms with van der Waals surface area (Å²) in [6.45, 7) is 0.0727. The maximum absolute atomic E-state index is 11.5. The van der Waals surface area contributed by atoms with Crippen LogP contribution >= 0.6 is 0 Å². The number of ether oxygens (including phenoxy) is 2. The van der Waals surface area contributed by atoms with E-state index in [4.69, 9.17) is 15.2 Å². The van der Waals surface area contributed by atoms with Gasteiger partial charge < -0.3 is 15.2 Å². The van der Waals surface area contributed by atoms with E-state index < -0.39 is 18.0 Å². The lowest BCUT2D eigenvalue weighted by atomic mass is 10.2. The molecule has 17 heavy (non-hydrogen) atoms. The minimum absolute atomic E-state index is 0.0727. The average molecular weight is 237 g/mol. The number of nitrogens with one attached hydrogen (secondary N) is 2. The SMILES string of the molecule is NC(=O)NNC(=O)C1COc2ccccc2O1. The normalized spacial score (nSPS) is 17.1. The molecule has 1 heterocycles. The van der Waals surface area contributed by atoms with Crippen molar-refractivity contribution in [3.05, 3.63) is 24.3 Å². The summed E-state index contributed by atoms with van der Waals surface area (Å²) in [5.41, 5.74) is 8.89. The molecule has 0 aromatic heterocycles. The Morgan fingerprint density at radius 1 is 1.24 bits per heavy atom. The van der Waals surface area contributed by atoms with E-state index in [2.05, 4.69) is 5.43 Å². The molecule has 1 aliphatic heterocycles. The van der Waals surface area contributed by atoms with E-state index in [0.717, 1.165) is 0 Å². The van der Waals surface area contributed by atoms with Gasteiger partial charge in [-0.3, -0.25) is 10.2 Å². The molecule has 90 valence electrons. The second-order valence-corrected chi connectivity index (χ2v) is 3.34. The summed E-state index contributed by atoms with van der Waals surface area (Å²) >= 11 is 0. The van der Waals surface area contributed by atoms with Gasteiger partial charge in [0, 0.05) is 0 Å². The average Bonchev–Trinajstić information content (AvgIpc) is 2.35. The molecule has 2 rings (SSSR count). The van der Waals surface area contributed by atoms with Gasteiger partial charge in [0.1, 0.15) is 6.61 Å². The molecule has 1 aromatic rings. The summed E-state index contributed by atoms with van der Waals surface area (Å²) in [5.74, 6) is 0.538. The van der Waals surface area contributed by atoms with Crippen LogP contribution in [0, 0.1) is 0 Å². The smallest absolute Gasteiger partial charge is 0.330 e. The van der Waals surface area contributed by atoms with Crippen LogP contribution in [0.4, 0.5) is 4.79 Å². The monoisotopic (exact) mass is 237 g/mol. The standard InChI is InChI=1S/C10H11N3O4/c11-10(15)13-12-9(14)8-5-16-6-3-1-2-4-7(6)17-8/h1-4,8H,5H2,(H,12,14)(H3,11,13,15). The van der Waals surface area contributed by atoms with Crippen molar-refractivity contribution in [2.75, 3.05) is 6.61 Å². The van der Waals surface area contributed by atoms with Gasteiger partial charge in [-0.15, -0.1) is 0 Å². The van der Waals surface area contributed by atoms with Crippen LogP contribution in [0.2, 0.25) is 0 Å². The molecule has 7 heteroatoms. The van der Waals surface area contributed by atoms with E-state index in [0.29, 0.717) is 11.5 Å². The number of benzene rings is 1. The molecule has 1 atom stereocenters. The minimum atomic E-state index is -0.851. The van der Waals surface area contributed by atoms with Gasteiger partial charge in [0.25, 0.3) is 5.91 Å². The lowest BCUT2D eigenvalue weighted by molar-refractivity contribution is -0.131. The van der Waals surface area contributed by atoms with Crippen molar-refractivity contribution in [3.63, 3.8) is 0 Å². The van der Waals surface area contributed by atoms with Gasteiger partial charge in [0.15, 0.2) is 11.5 Å². The van der Waals surface area contributed by atoms with E-state index in [1.54, 1.807) is 24.3 Å². The van der Waals surface area contributed by atoms with Crippen LogP contribution in [-0.2, 0) is 4.79 Å². The van der Waals surface area contributed by atoms with Crippen LogP contribution < -0.4 is 26.1 Å². The van der Waals surface area contributed by atoms with Crippen molar-refractivity contribution in [1.29, 1.82) is 0 Å². The van der Waals surface area contributed by atoms with E-state index in [1.165, 1.54) is 0 Å². The van der Waals surface area contributed by atoms with Crippen molar-refractivity contribution >= 4 is 11.9 Å². The summed E-state index contributed by atoms with van der Waals surface area (Å²) in [6.07, 6.45) is -0.822. The maximum atomic E-state index is 11.5. The first-order valence-electron chi connectivity index (χ1n) is 4.90. The Hall–Kier alpha value is -2.44. The molecule has 0 bridgehead atoms. The lowest BCUT2D eigenvalue weighted by Gasteiger charge is -2.25. The van der Waals surface area contributed by atoms with Gasteiger partial charge in [-0.2, -0.15) is 0 Å². The number of hydrazine groups is 1. The highest BCUT2D eigenvalue weighted by atomic mass is 16.6. The number of carbonyl (C=O) groups is 2. The van der Waals surface area contributed by atoms with E-state index in [9.17, 15) is 9.59 Å². The predicted octanol–water partition coefficient (Wildman–Crippen LogP) is -0.474. The Morgan fingerprint density at radius 2 is 1.94 bits per heavy atom. The number of carbonyl (C=O) groups excluding carboxylic acids is 2. The number of nitrogens with two attached hydrogens (primary N) is 1. The minimum Gasteiger partial charge on any atom is -0.485 e. The Balaban J connectivity index is 1.97. The molecule has 4 N–H and O–H groups in total. The lowest BCUT2D eigenvalue weighted by Crippen LogP contribution is -2.52. The molecule has 1 aromatic carbocycles. The summed E-state index contributed by atoms with van der Waals surface area (Å²) < 4.78 is 10.7. The number of rotatable bonds is 1. The molecule has 1 unspecified atom stereocenters. The highest BCUT2D eigenvalue weighted by Gasteiger charge is 2.27. The summed E-state index contributed by atoms with van der Waals surface area (Å²) in [4.78, 5) is 21.9. The first-order chi connectivity index (χ1) is 8.16. The van der Waals surface area contributed by atoms with Gasteiger partial charge >= 0.3 is 6.03 Å². The number of hydrogen-bond donors (Lipinski definition) is 3. The third kappa shape index (κ3) is 2.57. The summed E-state index contributed by atoms with van der Waals surface area (Å²) in [5, 5.41) is 0. The molecule has 0 saturated carbocycles. The van der Waals surface area contributed by atoms with Crippen LogP contribution in [0.25, 0.3) is 0 Å². The predicted molar refractivity (Wildman–Crippen MR) is 57.2 cm³/mol. The van der Waals surface area contributed by atoms with Crippen molar-refractivity contribution in [2.45, 2.75) is 6.10 Å². The van der Waals surface area contributed by atoms with Gasteiger partial charge in [-0.25, -0.2) is 10.2 Å². The van der Waals surface area contributed by atoms with Crippen LogP contribution in [0.5, 0.6) is 11.5 Å². The van der Waals surface area contributed by atoms with Crippen LogP contribution in [0.15, 0.2) is 24.3 Å².